The molecular weight excluding hydrogens is 793 g/mol. The maximum absolute atomic E-state index is 12.7. The zero-order chi connectivity index (χ0) is 43.4. The van der Waals surface area contributed by atoms with Crippen molar-refractivity contribution in [2.75, 3.05) is 20.3 Å². The van der Waals surface area contributed by atoms with E-state index < -0.39 is 61.1 Å². The van der Waals surface area contributed by atoms with Gasteiger partial charge in [-0.2, -0.15) is 0 Å². The van der Waals surface area contributed by atoms with Crippen LogP contribution in [0.3, 0.4) is 0 Å². The number of carbonyl (C=O) groups excluding carboxylic acids is 1. The predicted molar refractivity (Wildman–Crippen MR) is 230 cm³/mol. The van der Waals surface area contributed by atoms with Gasteiger partial charge in [-0.25, -0.2) is 9.78 Å². The highest BCUT2D eigenvalue weighted by Crippen LogP contribution is 2.30. The minimum atomic E-state index is -1.26. The Labute approximate surface area is 364 Å². The molecule has 6 rings (SSSR count). The Morgan fingerprint density at radius 1 is 0.597 bits per heavy atom. The molecule has 0 aromatic heterocycles. The molecule has 12 heteroatoms. The molecule has 0 bridgehead atoms. The molecule has 0 aliphatic carbocycles. The van der Waals surface area contributed by atoms with Gasteiger partial charge < -0.3 is 43.0 Å². The van der Waals surface area contributed by atoms with E-state index in [4.69, 9.17) is 47.7 Å². The molecule has 1 fully saturated rings. The molecule has 1 aliphatic rings. The van der Waals surface area contributed by atoms with Crippen LogP contribution in [-0.4, -0.2) is 86.5 Å². The largest absolute Gasteiger partial charge is 0.454 e. The summed E-state index contributed by atoms with van der Waals surface area (Å²) in [6, 6.07) is 48.6. The zero-order valence-electron chi connectivity index (χ0n) is 35.5. The lowest BCUT2D eigenvalue weighted by molar-refractivity contribution is -0.360. The van der Waals surface area contributed by atoms with E-state index in [0.29, 0.717) is 6.61 Å². The molecule has 5 aromatic rings. The van der Waals surface area contributed by atoms with Gasteiger partial charge in [-0.15, -0.1) is 0 Å². The minimum absolute atomic E-state index is 0.0135. The van der Waals surface area contributed by atoms with E-state index in [2.05, 4.69) is 0 Å². The highest BCUT2D eigenvalue weighted by molar-refractivity contribution is 5.66. The van der Waals surface area contributed by atoms with E-state index >= 15 is 0 Å². The lowest BCUT2D eigenvalue weighted by Crippen LogP contribution is -2.62. The van der Waals surface area contributed by atoms with Crippen molar-refractivity contribution in [2.45, 2.75) is 102 Å². The Bertz CT molecular complexity index is 1960. The van der Waals surface area contributed by atoms with E-state index in [1.807, 2.05) is 159 Å². The second-order valence-corrected chi connectivity index (χ2v) is 15.0. The van der Waals surface area contributed by atoms with Crippen molar-refractivity contribution < 1.29 is 57.6 Å². The first-order chi connectivity index (χ1) is 30.4. The fraction of sp³-hybridized carbons (Fsp3) is 0.380. The Morgan fingerprint density at radius 3 is 1.53 bits per heavy atom. The summed E-state index contributed by atoms with van der Waals surface area (Å²) in [6.07, 6.45) is -8.78. The number of aliphatic hydroxyl groups is 1. The van der Waals surface area contributed by atoms with E-state index in [9.17, 15) is 9.90 Å². The van der Waals surface area contributed by atoms with Gasteiger partial charge in [0.25, 0.3) is 0 Å². The number of carbonyl (C=O) groups is 1. The van der Waals surface area contributed by atoms with Crippen LogP contribution in [0.5, 0.6) is 0 Å². The van der Waals surface area contributed by atoms with Gasteiger partial charge in [0.2, 0.25) is 0 Å². The number of hydrogen-bond acceptors (Lipinski definition) is 12. The molecule has 1 N–H and O–H groups in total. The van der Waals surface area contributed by atoms with Crippen molar-refractivity contribution in [1.29, 1.82) is 0 Å². The Balaban J connectivity index is 1.28. The maximum atomic E-state index is 12.7. The van der Waals surface area contributed by atoms with E-state index in [1.54, 1.807) is 0 Å². The normalized spacial score (nSPS) is 20.8. The van der Waals surface area contributed by atoms with Gasteiger partial charge in [-0.1, -0.05) is 152 Å². The monoisotopic (exact) mass is 850 g/mol. The number of aliphatic hydroxyl groups excluding tert-OH is 1. The SMILES string of the molecule is COOC(CO[C@H]1OC(COCc2ccccc2)[C@@H](O)C(OCc2ccccc2)C1OC(C)=O)[C@H](OCc1ccccc1)C(OCc1ccccc1)[C@@H](C)OCc1ccccc1. The van der Waals surface area contributed by atoms with Crippen molar-refractivity contribution in [1.82, 2.24) is 0 Å². The summed E-state index contributed by atoms with van der Waals surface area (Å²) in [6.45, 7) is 4.17. The van der Waals surface area contributed by atoms with Gasteiger partial charge in [0.15, 0.2) is 12.4 Å². The third kappa shape index (κ3) is 14.6. The van der Waals surface area contributed by atoms with Gasteiger partial charge in [-0.05, 0) is 34.7 Å². The second-order valence-electron chi connectivity index (χ2n) is 15.0. The topological polar surface area (TPSA) is 130 Å². The summed E-state index contributed by atoms with van der Waals surface area (Å²) >= 11 is 0. The molecule has 1 saturated heterocycles. The Morgan fingerprint density at radius 2 is 1.05 bits per heavy atom. The zero-order valence-corrected chi connectivity index (χ0v) is 35.5. The third-order valence-electron chi connectivity index (χ3n) is 10.3. The molecule has 0 amide bonds. The molecule has 0 spiro atoms. The van der Waals surface area contributed by atoms with Crippen LogP contribution in [-0.2, 0) is 85.5 Å². The van der Waals surface area contributed by atoms with Crippen LogP contribution in [0.4, 0.5) is 0 Å². The molecule has 1 aliphatic heterocycles. The molecular formula is C50H58O12. The third-order valence-corrected chi connectivity index (χ3v) is 10.3. The molecule has 0 radical (unpaired) electrons. The molecule has 12 nitrogen and oxygen atoms in total. The summed E-state index contributed by atoms with van der Waals surface area (Å²) in [5.74, 6) is -0.612. The first kappa shape index (κ1) is 46.7. The highest BCUT2D eigenvalue weighted by atomic mass is 17.2. The molecule has 62 heavy (non-hydrogen) atoms. The second kappa shape index (κ2) is 25.3. The van der Waals surface area contributed by atoms with Crippen LogP contribution in [0.15, 0.2) is 152 Å². The first-order valence-corrected chi connectivity index (χ1v) is 20.9. The van der Waals surface area contributed by atoms with Crippen molar-refractivity contribution in [3.63, 3.8) is 0 Å². The average Bonchev–Trinajstić information content (AvgIpc) is 3.30. The van der Waals surface area contributed by atoms with Crippen molar-refractivity contribution in [3.05, 3.63) is 179 Å². The smallest absolute Gasteiger partial charge is 0.303 e. The number of benzene rings is 5. The molecule has 1 heterocycles. The molecule has 0 saturated carbocycles. The van der Waals surface area contributed by atoms with Gasteiger partial charge in [-0.3, -0.25) is 4.79 Å². The van der Waals surface area contributed by atoms with Crippen LogP contribution >= 0.6 is 0 Å². The number of ether oxygens (including phenoxy) is 8. The summed E-state index contributed by atoms with van der Waals surface area (Å²) in [5.41, 5.74) is 4.68. The first-order valence-electron chi connectivity index (χ1n) is 20.9. The fourth-order valence-corrected chi connectivity index (χ4v) is 7.14. The highest BCUT2D eigenvalue weighted by Gasteiger charge is 2.49. The van der Waals surface area contributed by atoms with E-state index in [-0.39, 0.29) is 39.6 Å². The van der Waals surface area contributed by atoms with Gasteiger partial charge in [0.05, 0.1) is 59.5 Å². The summed E-state index contributed by atoms with van der Waals surface area (Å²) < 4.78 is 51.2. The van der Waals surface area contributed by atoms with Crippen molar-refractivity contribution in [3.8, 4) is 0 Å². The lowest BCUT2D eigenvalue weighted by Gasteiger charge is -2.44. The molecule has 330 valence electrons. The summed E-state index contributed by atoms with van der Waals surface area (Å²) in [5, 5.41) is 11.8. The average molecular weight is 851 g/mol. The Kier molecular flexibility index (Phi) is 19.1. The Hall–Kier alpha value is -4.83. The fourth-order valence-electron chi connectivity index (χ4n) is 7.14. The van der Waals surface area contributed by atoms with Crippen molar-refractivity contribution >= 4 is 5.97 Å². The number of esters is 1. The van der Waals surface area contributed by atoms with Crippen LogP contribution in [0.25, 0.3) is 0 Å². The summed E-state index contributed by atoms with van der Waals surface area (Å²) in [4.78, 5) is 24.0. The summed E-state index contributed by atoms with van der Waals surface area (Å²) in [7, 11) is 1.40. The van der Waals surface area contributed by atoms with E-state index in [0.717, 1.165) is 27.8 Å². The number of rotatable bonds is 25. The van der Waals surface area contributed by atoms with Gasteiger partial charge in [0.1, 0.15) is 36.6 Å². The van der Waals surface area contributed by atoms with E-state index in [1.165, 1.54) is 14.0 Å². The molecule has 9 atom stereocenters. The maximum Gasteiger partial charge on any atom is 0.303 e. The quantitative estimate of drug-likeness (QED) is 0.0354. The van der Waals surface area contributed by atoms with Crippen LogP contribution < -0.4 is 0 Å². The van der Waals surface area contributed by atoms with Gasteiger partial charge in [0, 0.05) is 6.92 Å². The van der Waals surface area contributed by atoms with Crippen molar-refractivity contribution in [2.24, 2.45) is 0 Å². The number of hydrogen-bond donors (Lipinski definition) is 1. The molecule has 5 aromatic carbocycles. The molecule has 5 unspecified atom stereocenters. The van der Waals surface area contributed by atoms with Gasteiger partial charge >= 0.3 is 5.97 Å². The van der Waals surface area contributed by atoms with Crippen LogP contribution in [0, 0.1) is 0 Å². The van der Waals surface area contributed by atoms with Crippen LogP contribution in [0.1, 0.15) is 41.7 Å². The standard InChI is InChI=1S/C50H58O12/c1-36(55-30-39-21-11-5-12-22-39)46(56-31-40-23-13-6-14-24-40)47(57-32-41-25-15-7-16-26-41)44(62-53-3)35-59-50-49(60-37(2)51)48(58-33-42-27-17-8-18-28-42)45(52)43(61-50)34-54-29-38-19-9-4-10-20-38/h4-28,36,43-50,52H,29-35H2,1-3H3/t36-,43?,44?,45-,46?,47+,48?,49?,50+/m1/s1. The minimum Gasteiger partial charge on any atom is -0.454 e. The predicted octanol–water partition coefficient (Wildman–Crippen LogP) is 7.55. The van der Waals surface area contributed by atoms with Crippen LogP contribution in [0.2, 0.25) is 0 Å². The lowest BCUT2D eigenvalue weighted by atomic mass is 9.98.